The highest BCUT2D eigenvalue weighted by Crippen LogP contribution is 2.48. The van der Waals surface area contributed by atoms with Gasteiger partial charge in [-0.2, -0.15) is 0 Å². The van der Waals surface area contributed by atoms with Crippen LogP contribution in [0.2, 0.25) is 0 Å². The molecule has 0 aromatic carbocycles. The van der Waals surface area contributed by atoms with E-state index in [-0.39, 0.29) is 24.3 Å². The van der Waals surface area contributed by atoms with Crippen LogP contribution >= 0.6 is 11.3 Å². The average Bonchev–Trinajstić information content (AvgIpc) is 3.14. The van der Waals surface area contributed by atoms with Gasteiger partial charge in [0, 0.05) is 22.4 Å². The molecule has 1 fully saturated rings. The molecule has 3 heterocycles. The van der Waals surface area contributed by atoms with Gasteiger partial charge in [0.2, 0.25) is 5.91 Å². The van der Waals surface area contributed by atoms with E-state index in [1.165, 1.54) is 30.2 Å². The third-order valence-corrected chi connectivity index (χ3v) is 5.56. The predicted molar refractivity (Wildman–Crippen MR) is 88.5 cm³/mol. The molecule has 3 atom stereocenters. The van der Waals surface area contributed by atoms with Crippen molar-refractivity contribution in [3.8, 4) is 0 Å². The highest BCUT2D eigenvalue weighted by molar-refractivity contribution is 7.13. The number of carboxylic acid groups (broad SMARTS) is 1. The van der Waals surface area contributed by atoms with E-state index in [1.807, 2.05) is 0 Å². The SMILES string of the molecule is CNC(=O)OCc1ccc(C2=C(C(=O)O)N3C(=O)[C@H]([C@@H](C)O)[C@H]3C2)s1. The monoisotopic (exact) mass is 366 g/mol. The lowest BCUT2D eigenvalue weighted by Gasteiger charge is -2.44. The van der Waals surface area contributed by atoms with Crippen molar-refractivity contribution < 1.29 is 29.3 Å². The second-order valence-corrected chi connectivity index (χ2v) is 7.14. The van der Waals surface area contributed by atoms with E-state index in [4.69, 9.17) is 4.74 Å². The molecule has 0 unspecified atom stereocenters. The summed E-state index contributed by atoms with van der Waals surface area (Å²) in [5, 5.41) is 21.6. The largest absolute Gasteiger partial charge is 0.477 e. The number of nitrogens with one attached hydrogen (secondary N) is 1. The molecule has 0 radical (unpaired) electrons. The number of fused-ring (bicyclic) bond motifs is 1. The summed E-state index contributed by atoms with van der Waals surface area (Å²) in [6.07, 6.45) is -0.974. The van der Waals surface area contributed by atoms with Gasteiger partial charge in [-0.05, 0) is 25.5 Å². The molecule has 0 bridgehead atoms. The lowest BCUT2D eigenvalue weighted by molar-refractivity contribution is -0.161. The summed E-state index contributed by atoms with van der Waals surface area (Å²) in [6.45, 7) is 1.63. The van der Waals surface area contributed by atoms with Gasteiger partial charge in [0.15, 0.2) is 0 Å². The third-order valence-electron chi connectivity index (χ3n) is 4.44. The quantitative estimate of drug-likeness (QED) is 0.670. The Morgan fingerprint density at radius 3 is 2.80 bits per heavy atom. The highest BCUT2D eigenvalue weighted by atomic mass is 32.1. The Morgan fingerprint density at radius 1 is 1.48 bits per heavy atom. The summed E-state index contributed by atoms with van der Waals surface area (Å²) in [6, 6.07) is 3.21. The lowest BCUT2D eigenvalue weighted by Crippen LogP contribution is -2.61. The summed E-state index contributed by atoms with van der Waals surface area (Å²) < 4.78 is 4.98. The Balaban J connectivity index is 1.84. The van der Waals surface area contributed by atoms with Gasteiger partial charge in [-0.25, -0.2) is 9.59 Å². The molecule has 2 aliphatic heterocycles. The smallest absolute Gasteiger partial charge is 0.407 e. The zero-order valence-corrected chi connectivity index (χ0v) is 14.5. The van der Waals surface area contributed by atoms with E-state index in [1.54, 1.807) is 12.1 Å². The number of carbonyl (C=O) groups is 3. The maximum Gasteiger partial charge on any atom is 0.407 e. The van der Waals surface area contributed by atoms with Crippen LogP contribution in [0.1, 0.15) is 23.1 Å². The first-order valence-electron chi connectivity index (χ1n) is 7.76. The van der Waals surface area contributed by atoms with Crippen LogP contribution in [0.15, 0.2) is 17.8 Å². The Bertz CT molecular complexity index is 768. The van der Waals surface area contributed by atoms with Crippen LogP contribution in [-0.2, 0) is 20.9 Å². The maximum absolute atomic E-state index is 12.2. The van der Waals surface area contributed by atoms with Crippen molar-refractivity contribution in [2.45, 2.75) is 32.1 Å². The minimum atomic E-state index is -1.16. The molecule has 3 N–H and O–H groups in total. The maximum atomic E-state index is 12.2. The molecule has 9 heteroatoms. The fourth-order valence-corrected chi connectivity index (χ4v) is 4.29. The predicted octanol–water partition coefficient (Wildman–Crippen LogP) is 1.01. The summed E-state index contributed by atoms with van der Waals surface area (Å²) in [4.78, 5) is 37.8. The number of aliphatic hydroxyl groups excluding tert-OH is 1. The van der Waals surface area contributed by atoms with Crippen molar-refractivity contribution >= 4 is 34.9 Å². The van der Waals surface area contributed by atoms with E-state index in [0.717, 1.165) is 9.75 Å². The molecule has 3 rings (SSSR count). The normalized spacial score (nSPS) is 23.2. The number of hydrogen-bond donors (Lipinski definition) is 3. The molecular weight excluding hydrogens is 348 g/mol. The number of ether oxygens (including phenoxy) is 1. The Morgan fingerprint density at radius 2 is 2.20 bits per heavy atom. The van der Waals surface area contributed by atoms with E-state index in [9.17, 15) is 24.6 Å². The molecule has 0 spiro atoms. The minimum Gasteiger partial charge on any atom is -0.477 e. The summed E-state index contributed by atoms with van der Waals surface area (Å²) in [5.74, 6) is -2.08. The lowest BCUT2D eigenvalue weighted by atomic mass is 9.83. The van der Waals surface area contributed by atoms with Crippen molar-refractivity contribution in [2.24, 2.45) is 5.92 Å². The number of β-lactam (4-membered cyclic amide) rings is 1. The van der Waals surface area contributed by atoms with Crippen LogP contribution in [0, 0.1) is 5.92 Å². The summed E-state index contributed by atoms with van der Waals surface area (Å²) >= 11 is 1.32. The van der Waals surface area contributed by atoms with Gasteiger partial charge < -0.3 is 25.2 Å². The number of hydrogen-bond acceptors (Lipinski definition) is 6. The molecule has 8 nitrogen and oxygen atoms in total. The Hall–Kier alpha value is -2.39. The van der Waals surface area contributed by atoms with Gasteiger partial charge in [0.25, 0.3) is 0 Å². The number of aliphatic hydroxyl groups is 1. The average molecular weight is 366 g/mol. The minimum absolute atomic E-state index is 0.0208. The van der Waals surface area contributed by atoms with E-state index >= 15 is 0 Å². The summed E-state index contributed by atoms with van der Waals surface area (Å²) in [5.41, 5.74) is 0.553. The van der Waals surface area contributed by atoms with Gasteiger partial charge in [-0.15, -0.1) is 11.3 Å². The molecular formula is C16H18N2O6S. The molecule has 1 aromatic rings. The van der Waals surface area contributed by atoms with Crippen molar-refractivity contribution in [1.29, 1.82) is 0 Å². The van der Waals surface area contributed by atoms with Gasteiger partial charge >= 0.3 is 12.1 Å². The Kier molecular flexibility index (Phi) is 4.53. The number of nitrogens with zero attached hydrogens (tertiary/aromatic N) is 1. The van der Waals surface area contributed by atoms with Gasteiger partial charge in [-0.1, -0.05) is 0 Å². The number of rotatable bonds is 5. The van der Waals surface area contributed by atoms with Gasteiger partial charge in [-0.3, -0.25) is 4.79 Å². The molecule has 0 aliphatic carbocycles. The highest BCUT2D eigenvalue weighted by Gasteiger charge is 2.56. The van der Waals surface area contributed by atoms with Crippen molar-refractivity contribution in [3.05, 3.63) is 27.6 Å². The first-order chi connectivity index (χ1) is 11.8. The molecule has 25 heavy (non-hydrogen) atoms. The van der Waals surface area contributed by atoms with Crippen molar-refractivity contribution in [1.82, 2.24) is 10.2 Å². The van der Waals surface area contributed by atoms with E-state index in [2.05, 4.69) is 5.32 Å². The number of carbonyl (C=O) groups excluding carboxylic acids is 2. The van der Waals surface area contributed by atoms with Gasteiger partial charge in [0.1, 0.15) is 12.3 Å². The first-order valence-corrected chi connectivity index (χ1v) is 8.58. The third kappa shape index (κ3) is 2.89. The fraction of sp³-hybridized carbons (Fsp3) is 0.438. The van der Waals surface area contributed by atoms with E-state index in [0.29, 0.717) is 12.0 Å². The standard InChI is InChI=1S/C16H18N2O6S/c1-7(19)12-10-5-9(13(15(21)22)18(10)14(12)20)11-4-3-8(25-11)6-24-16(23)17-2/h3-4,7,10,12,19H,5-6H2,1-2H3,(H,17,23)(H,21,22)/t7-,10-,12-/m1/s1. The molecule has 0 saturated carbocycles. The molecule has 2 amide bonds. The number of thiophene rings is 1. The topological polar surface area (TPSA) is 116 Å². The van der Waals surface area contributed by atoms with Crippen LogP contribution in [0.3, 0.4) is 0 Å². The molecule has 2 aliphatic rings. The van der Waals surface area contributed by atoms with Crippen LogP contribution in [0.5, 0.6) is 0 Å². The molecule has 1 saturated heterocycles. The number of carboxylic acids is 1. The zero-order valence-electron chi connectivity index (χ0n) is 13.7. The molecule has 134 valence electrons. The number of aliphatic carboxylic acids is 1. The molecule has 1 aromatic heterocycles. The summed E-state index contributed by atoms with van der Waals surface area (Å²) in [7, 11) is 1.46. The Labute approximate surface area is 147 Å². The van der Waals surface area contributed by atoms with E-state index < -0.39 is 24.1 Å². The first kappa shape index (κ1) is 17.4. The second-order valence-electron chi connectivity index (χ2n) is 5.97. The fourth-order valence-electron chi connectivity index (χ4n) is 3.32. The number of amides is 2. The van der Waals surface area contributed by atoms with Crippen LogP contribution < -0.4 is 5.32 Å². The van der Waals surface area contributed by atoms with Crippen LogP contribution in [0.4, 0.5) is 4.79 Å². The zero-order chi connectivity index (χ0) is 18.3. The number of alkyl carbamates (subject to hydrolysis) is 1. The van der Waals surface area contributed by atoms with Gasteiger partial charge in [0.05, 0.1) is 18.1 Å². The van der Waals surface area contributed by atoms with Crippen LogP contribution in [0.25, 0.3) is 5.57 Å². The second kappa shape index (κ2) is 6.49. The van der Waals surface area contributed by atoms with Crippen molar-refractivity contribution in [3.63, 3.8) is 0 Å². The van der Waals surface area contributed by atoms with Crippen LogP contribution in [-0.4, -0.2) is 52.3 Å². The van der Waals surface area contributed by atoms with Crippen molar-refractivity contribution in [2.75, 3.05) is 7.05 Å².